The fourth-order valence-electron chi connectivity index (χ4n) is 3.77. The molecule has 9 heteroatoms. The molecule has 0 saturated carbocycles. The smallest absolute Gasteiger partial charge is 0.177 e. The number of oxime groups is 1. The largest absolute Gasteiger partial charge is 0.396 e. The van der Waals surface area contributed by atoms with E-state index in [9.17, 15) is 0 Å². The first-order chi connectivity index (χ1) is 16.0. The van der Waals surface area contributed by atoms with Crippen LogP contribution in [0.15, 0.2) is 60.1 Å². The molecule has 0 aliphatic heterocycles. The van der Waals surface area contributed by atoms with Crippen molar-refractivity contribution >= 4 is 22.3 Å². The minimum absolute atomic E-state index is 0.0293. The van der Waals surface area contributed by atoms with Gasteiger partial charge < -0.3 is 4.84 Å². The highest BCUT2D eigenvalue weighted by Gasteiger charge is 2.18. The number of aromatic nitrogens is 7. The molecule has 1 aromatic carbocycles. The molecule has 5 rings (SSSR count). The van der Waals surface area contributed by atoms with Crippen LogP contribution in [0.1, 0.15) is 43.8 Å². The van der Waals surface area contributed by atoms with E-state index in [1.807, 2.05) is 57.7 Å². The lowest BCUT2D eigenvalue weighted by Gasteiger charge is -2.12. The highest BCUT2D eigenvalue weighted by atomic mass is 16.6. The van der Waals surface area contributed by atoms with Gasteiger partial charge in [0, 0.05) is 41.9 Å². The van der Waals surface area contributed by atoms with Crippen molar-refractivity contribution < 1.29 is 4.84 Å². The SMILES string of the molecule is CCO/N=C(\C)c1ccc2nnc(C(C)c3ccc4ncc(-c5cnn(C)c5)cc4c3)n2n1. The Labute approximate surface area is 190 Å². The fraction of sp³-hybridized carbons (Fsp3) is 0.250. The van der Waals surface area contributed by atoms with Crippen LogP contribution in [-0.4, -0.2) is 46.9 Å². The third kappa shape index (κ3) is 3.93. The lowest BCUT2D eigenvalue weighted by Crippen LogP contribution is -2.09. The minimum Gasteiger partial charge on any atom is -0.396 e. The van der Waals surface area contributed by atoms with Crippen molar-refractivity contribution in [1.82, 2.24) is 34.6 Å². The Bertz CT molecular complexity index is 1480. The van der Waals surface area contributed by atoms with E-state index < -0.39 is 0 Å². The molecule has 0 aliphatic rings. The van der Waals surface area contributed by atoms with E-state index in [4.69, 9.17) is 9.94 Å². The van der Waals surface area contributed by atoms with Crippen LogP contribution < -0.4 is 0 Å². The second-order valence-corrected chi connectivity index (χ2v) is 7.94. The molecule has 0 aliphatic carbocycles. The predicted molar refractivity (Wildman–Crippen MR) is 126 cm³/mol. The maximum Gasteiger partial charge on any atom is 0.177 e. The molecule has 33 heavy (non-hydrogen) atoms. The van der Waals surface area contributed by atoms with Crippen molar-refractivity contribution in [2.24, 2.45) is 12.2 Å². The molecular weight excluding hydrogens is 416 g/mol. The Morgan fingerprint density at radius 1 is 1.09 bits per heavy atom. The van der Waals surface area contributed by atoms with E-state index in [1.165, 1.54) is 0 Å². The first-order valence-electron chi connectivity index (χ1n) is 10.8. The Morgan fingerprint density at radius 3 is 2.76 bits per heavy atom. The molecule has 1 atom stereocenters. The van der Waals surface area contributed by atoms with Gasteiger partial charge in [-0.3, -0.25) is 9.67 Å². The zero-order valence-electron chi connectivity index (χ0n) is 19.0. The Kier molecular flexibility index (Phi) is 5.29. The van der Waals surface area contributed by atoms with Crippen LogP contribution in [0, 0.1) is 0 Å². The Balaban J connectivity index is 1.53. The minimum atomic E-state index is -0.0293. The highest BCUT2D eigenvalue weighted by molar-refractivity contribution is 5.96. The van der Waals surface area contributed by atoms with Gasteiger partial charge in [0.05, 0.1) is 11.7 Å². The van der Waals surface area contributed by atoms with Crippen LogP contribution in [0.2, 0.25) is 0 Å². The van der Waals surface area contributed by atoms with Crippen LogP contribution in [0.4, 0.5) is 0 Å². The van der Waals surface area contributed by atoms with E-state index in [0.717, 1.165) is 33.4 Å². The highest BCUT2D eigenvalue weighted by Crippen LogP contribution is 2.28. The van der Waals surface area contributed by atoms with Gasteiger partial charge in [-0.1, -0.05) is 18.1 Å². The first kappa shape index (κ1) is 20.7. The molecule has 166 valence electrons. The molecule has 4 aromatic heterocycles. The average Bonchev–Trinajstić information content (AvgIpc) is 3.47. The first-order valence-corrected chi connectivity index (χ1v) is 10.8. The van der Waals surface area contributed by atoms with Crippen molar-refractivity contribution in [3.63, 3.8) is 0 Å². The quantitative estimate of drug-likeness (QED) is 0.293. The molecule has 0 saturated heterocycles. The summed E-state index contributed by atoms with van der Waals surface area (Å²) in [6.45, 7) is 6.37. The van der Waals surface area contributed by atoms with E-state index in [2.05, 4.69) is 50.6 Å². The summed E-state index contributed by atoms with van der Waals surface area (Å²) in [5.74, 6) is 0.727. The number of pyridine rings is 1. The Hall–Kier alpha value is -4.14. The maximum absolute atomic E-state index is 5.17. The van der Waals surface area contributed by atoms with Gasteiger partial charge in [0.25, 0.3) is 0 Å². The van der Waals surface area contributed by atoms with Crippen molar-refractivity contribution in [3.05, 3.63) is 72.1 Å². The third-order valence-corrected chi connectivity index (χ3v) is 5.62. The van der Waals surface area contributed by atoms with Crippen molar-refractivity contribution in [2.45, 2.75) is 26.7 Å². The molecule has 0 radical (unpaired) electrons. The number of aryl methyl sites for hydroxylation is 1. The predicted octanol–water partition coefficient (Wildman–Crippen LogP) is 3.99. The van der Waals surface area contributed by atoms with E-state index in [-0.39, 0.29) is 5.92 Å². The lowest BCUT2D eigenvalue weighted by atomic mass is 9.98. The number of rotatable bonds is 6. The van der Waals surface area contributed by atoms with Gasteiger partial charge in [0.1, 0.15) is 18.0 Å². The summed E-state index contributed by atoms with van der Waals surface area (Å²) in [6.07, 6.45) is 5.71. The van der Waals surface area contributed by atoms with Crippen molar-refractivity contribution in [2.75, 3.05) is 6.61 Å². The molecule has 0 amide bonds. The zero-order valence-corrected chi connectivity index (χ0v) is 19.0. The fourth-order valence-corrected chi connectivity index (χ4v) is 3.77. The van der Waals surface area contributed by atoms with Gasteiger partial charge in [-0.2, -0.15) is 14.7 Å². The van der Waals surface area contributed by atoms with E-state index in [0.29, 0.717) is 23.7 Å². The molecule has 5 aromatic rings. The summed E-state index contributed by atoms with van der Waals surface area (Å²) in [4.78, 5) is 9.80. The topological polar surface area (TPSA) is 95.4 Å². The zero-order chi connectivity index (χ0) is 22.9. The summed E-state index contributed by atoms with van der Waals surface area (Å²) >= 11 is 0. The van der Waals surface area contributed by atoms with Crippen molar-refractivity contribution in [1.29, 1.82) is 0 Å². The summed E-state index contributed by atoms with van der Waals surface area (Å²) in [5.41, 5.74) is 6.21. The molecule has 1 unspecified atom stereocenters. The molecule has 0 fully saturated rings. The number of hydrogen-bond acceptors (Lipinski definition) is 7. The van der Waals surface area contributed by atoms with Crippen LogP contribution in [-0.2, 0) is 11.9 Å². The normalized spacial score (nSPS) is 13.0. The Morgan fingerprint density at radius 2 is 1.97 bits per heavy atom. The number of benzene rings is 1. The molecule has 0 N–H and O–H groups in total. The third-order valence-electron chi connectivity index (χ3n) is 5.62. The van der Waals surface area contributed by atoms with Gasteiger partial charge in [-0.25, -0.2) is 0 Å². The summed E-state index contributed by atoms with van der Waals surface area (Å²) in [7, 11) is 1.91. The summed E-state index contributed by atoms with van der Waals surface area (Å²) in [6, 6.07) is 12.2. The average molecular weight is 441 g/mol. The second-order valence-electron chi connectivity index (χ2n) is 7.94. The number of fused-ring (bicyclic) bond motifs is 2. The molecular formula is C24H24N8O. The molecule has 9 nitrogen and oxygen atoms in total. The number of hydrogen-bond donors (Lipinski definition) is 0. The lowest BCUT2D eigenvalue weighted by molar-refractivity contribution is 0.159. The van der Waals surface area contributed by atoms with Gasteiger partial charge in [-0.05, 0) is 49.7 Å². The van der Waals surface area contributed by atoms with E-state index in [1.54, 1.807) is 9.20 Å². The molecule has 0 bridgehead atoms. The van der Waals surface area contributed by atoms with Crippen molar-refractivity contribution in [3.8, 4) is 11.1 Å². The monoisotopic (exact) mass is 440 g/mol. The van der Waals surface area contributed by atoms with Crippen LogP contribution in [0.3, 0.4) is 0 Å². The van der Waals surface area contributed by atoms with Gasteiger partial charge in [0.2, 0.25) is 0 Å². The summed E-state index contributed by atoms with van der Waals surface area (Å²) < 4.78 is 3.57. The van der Waals surface area contributed by atoms with Gasteiger partial charge in [-0.15, -0.1) is 10.2 Å². The maximum atomic E-state index is 5.17. The molecule has 0 spiro atoms. The van der Waals surface area contributed by atoms with Crippen LogP contribution in [0.25, 0.3) is 27.7 Å². The second kappa shape index (κ2) is 8.42. The van der Waals surface area contributed by atoms with Crippen LogP contribution >= 0.6 is 0 Å². The number of nitrogens with zero attached hydrogens (tertiary/aromatic N) is 8. The summed E-state index contributed by atoms with van der Waals surface area (Å²) in [5, 5.41) is 22.9. The van der Waals surface area contributed by atoms with Gasteiger partial charge in [0.15, 0.2) is 11.5 Å². The van der Waals surface area contributed by atoms with E-state index >= 15 is 0 Å². The van der Waals surface area contributed by atoms with Gasteiger partial charge >= 0.3 is 0 Å². The molecule has 4 heterocycles. The van der Waals surface area contributed by atoms with Crippen LogP contribution in [0.5, 0.6) is 0 Å². The standard InChI is InChI=1S/C24H24N8O/c1-5-33-30-16(3)21-8-9-23-27-28-24(32(23)29-21)15(2)17-6-7-22-18(10-17)11-19(12-25-22)20-13-26-31(4)14-20/h6-15H,5H2,1-4H3/b30-16+.